The molecule has 1 amide bonds. The first-order valence-corrected chi connectivity index (χ1v) is 4.01. The molecule has 5 nitrogen and oxygen atoms in total. The first-order valence-electron chi connectivity index (χ1n) is 4.01. The minimum absolute atomic E-state index is 0.0189. The van der Waals surface area contributed by atoms with Gasteiger partial charge < -0.3 is 10.5 Å². The highest BCUT2D eigenvalue weighted by Crippen LogP contribution is 2.25. The van der Waals surface area contributed by atoms with Crippen molar-refractivity contribution in [1.29, 1.82) is 5.26 Å². The SMILES string of the molecule is COc1c(C=O)ccc(C(N)=O)c1C#N. The predicted octanol–water partition coefficient (Wildman–Crippen LogP) is 0.478. The lowest BCUT2D eigenvalue weighted by Crippen LogP contribution is -2.14. The molecule has 76 valence electrons. The van der Waals surface area contributed by atoms with Gasteiger partial charge >= 0.3 is 0 Å². The number of hydrogen-bond donors (Lipinski definition) is 1. The lowest BCUT2D eigenvalue weighted by Gasteiger charge is -2.07. The quantitative estimate of drug-likeness (QED) is 0.724. The normalized spacial score (nSPS) is 9.07. The highest BCUT2D eigenvalue weighted by Gasteiger charge is 2.16. The van der Waals surface area contributed by atoms with Gasteiger partial charge in [0.1, 0.15) is 17.4 Å². The van der Waals surface area contributed by atoms with Crippen LogP contribution in [0.2, 0.25) is 0 Å². The molecule has 1 aromatic carbocycles. The van der Waals surface area contributed by atoms with E-state index in [1.807, 2.05) is 0 Å². The molecule has 0 atom stereocenters. The maximum atomic E-state index is 11.0. The number of carbonyl (C=O) groups is 2. The first kappa shape index (κ1) is 10.7. The molecular formula is C10H8N2O3. The van der Waals surface area contributed by atoms with Crippen LogP contribution in [0.3, 0.4) is 0 Å². The first-order chi connectivity index (χ1) is 7.15. The summed E-state index contributed by atoms with van der Waals surface area (Å²) in [5.41, 5.74) is 5.30. The molecule has 0 fully saturated rings. The van der Waals surface area contributed by atoms with Gasteiger partial charge in [-0.2, -0.15) is 5.26 Å². The number of nitrogens with two attached hydrogens (primary N) is 1. The van der Waals surface area contributed by atoms with E-state index in [0.29, 0.717) is 6.29 Å². The largest absolute Gasteiger partial charge is 0.495 e. The van der Waals surface area contributed by atoms with E-state index in [2.05, 4.69) is 0 Å². The van der Waals surface area contributed by atoms with Crippen molar-refractivity contribution in [2.45, 2.75) is 0 Å². The van der Waals surface area contributed by atoms with Gasteiger partial charge in [-0.15, -0.1) is 0 Å². The van der Waals surface area contributed by atoms with Gasteiger partial charge in [0.25, 0.3) is 0 Å². The summed E-state index contributed by atoms with van der Waals surface area (Å²) < 4.78 is 4.89. The lowest BCUT2D eigenvalue weighted by molar-refractivity contribution is 0.0998. The molecule has 0 aliphatic rings. The van der Waals surface area contributed by atoms with Gasteiger partial charge in [0.05, 0.1) is 18.2 Å². The van der Waals surface area contributed by atoms with Crippen molar-refractivity contribution in [3.8, 4) is 11.8 Å². The Kier molecular flexibility index (Phi) is 3.03. The highest BCUT2D eigenvalue weighted by molar-refractivity contribution is 5.98. The Bertz CT molecular complexity index is 460. The van der Waals surface area contributed by atoms with Crippen molar-refractivity contribution >= 4 is 12.2 Å². The van der Waals surface area contributed by atoms with E-state index in [0.717, 1.165) is 0 Å². The maximum absolute atomic E-state index is 11.0. The average molecular weight is 204 g/mol. The standard InChI is InChI=1S/C10H8N2O3/c1-15-9-6(5-13)2-3-7(10(12)14)8(9)4-11/h2-3,5H,1H3,(H2,12,14). The molecule has 0 aromatic heterocycles. The van der Waals surface area contributed by atoms with Crippen molar-refractivity contribution in [3.63, 3.8) is 0 Å². The van der Waals surface area contributed by atoms with Crippen LogP contribution in [0.15, 0.2) is 12.1 Å². The Morgan fingerprint density at radius 2 is 2.27 bits per heavy atom. The van der Waals surface area contributed by atoms with Gasteiger partial charge in [-0.25, -0.2) is 0 Å². The zero-order chi connectivity index (χ0) is 11.4. The topological polar surface area (TPSA) is 93.2 Å². The summed E-state index contributed by atoms with van der Waals surface area (Å²) in [7, 11) is 1.31. The van der Waals surface area contributed by atoms with Crippen molar-refractivity contribution < 1.29 is 14.3 Å². The summed E-state index contributed by atoms with van der Waals surface area (Å²) in [5.74, 6) is -0.661. The number of benzene rings is 1. The molecule has 0 radical (unpaired) electrons. The summed E-state index contributed by atoms with van der Waals surface area (Å²) in [5, 5.41) is 8.85. The van der Waals surface area contributed by atoms with E-state index in [4.69, 9.17) is 15.7 Å². The molecule has 1 rings (SSSR count). The number of rotatable bonds is 3. The van der Waals surface area contributed by atoms with Crippen LogP contribution in [-0.2, 0) is 0 Å². The van der Waals surface area contributed by atoms with E-state index in [9.17, 15) is 9.59 Å². The zero-order valence-electron chi connectivity index (χ0n) is 7.98. The van der Waals surface area contributed by atoms with E-state index >= 15 is 0 Å². The van der Waals surface area contributed by atoms with Crippen molar-refractivity contribution in [2.75, 3.05) is 7.11 Å². The average Bonchev–Trinajstić information content (AvgIpc) is 2.26. The number of nitrogens with zero attached hydrogens (tertiary/aromatic N) is 1. The predicted molar refractivity (Wildman–Crippen MR) is 51.6 cm³/mol. The van der Waals surface area contributed by atoms with E-state index in [1.54, 1.807) is 6.07 Å². The van der Waals surface area contributed by atoms with Crippen LogP contribution in [-0.4, -0.2) is 19.3 Å². The van der Waals surface area contributed by atoms with E-state index in [-0.39, 0.29) is 22.4 Å². The van der Waals surface area contributed by atoms with Gasteiger partial charge in [-0.05, 0) is 12.1 Å². The number of ether oxygens (including phenoxy) is 1. The third-order valence-electron chi connectivity index (χ3n) is 1.90. The van der Waals surface area contributed by atoms with Gasteiger partial charge in [-0.3, -0.25) is 9.59 Å². The van der Waals surface area contributed by atoms with Gasteiger partial charge in [0.15, 0.2) is 6.29 Å². The number of aldehydes is 1. The Labute approximate surface area is 86.1 Å². The fraction of sp³-hybridized carbons (Fsp3) is 0.100. The molecule has 0 bridgehead atoms. The second-order valence-corrected chi connectivity index (χ2v) is 2.70. The molecular weight excluding hydrogens is 196 g/mol. The van der Waals surface area contributed by atoms with Gasteiger partial charge in [0, 0.05) is 0 Å². The lowest BCUT2D eigenvalue weighted by atomic mass is 10.0. The second-order valence-electron chi connectivity index (χ2n) is 2.70. The smallest absolute Gasteiger partial charge is 0.250 e. The number of methoxy groups -OCH3 is 1. The fourth-order valence-electron chi connectivity index (χ4n) is 1.23. The molecule has 0 aliphatic heterocycles. The molecule has 0 spiro atoms. The summed E-state index contributed by atoms with van der Waals surface area (Å²) >= 11 is 0. The number of primary amides is 1. The summed E-state index contributed by atoms with van der Waals surface area (Å²) in [4.78, 5) is 21.6. The molecule has 0 saturated carbocycles. The Balaban J connectivity index is 3.56. The van der Waals surface area contributed by atoms with E-state index < -0.39 is 5.91 Å². The van der Waals surface area contributed by atoms with Crippen LogP contribution >= 0.6 is 0 Å². The van der Waals surface area contributed by atoms with Crippen molar-refractivity contribution in [2.24, 2.45) is 5.73 Å². The minimum atomic E-state index is -0.734. The minimum Gasteiger partial charge on any atom is -0.495 e. The Morgan fingerprint density at radius 1 is 1.60 bits per heavy atom. The Morgan fingerprint density at radius 3 is 2.67 bits per heavy atom. The van der Waals surface area contributed by atoms with Crippen LogP contribution in [0.5, 0.6) is 5.75 Å². The Hall–Kier alpha value is -2.35. The number of nitriles is 1. The molecule has 0 saturated heterocycles. The van der Waals surface area contributed by atoms with Gasteiger partial charge in [-0.1, -0.05) is 0 Å². The number of hydrogen-bond acceptors (Lipinski definition) is 4. The van der Waals surface area contributed by atoms with E-state index in [1.165, 1.54) is 19.2 Å². The highest BCUT2D eigenvalue weighted by atomic mass is 16.5. The van der Waals surface area contributed by atoms with Crippen molar-refractivity contribution in [3.05, 3.63) is 28.8 Å². The van der Waals surface area contributed by atoms with Gasteiger partial charge in [0.2, 0.25) is 5.91 Å². The van der Waals surface area contributed by atoms with Crippen LogP contribution in [0.4, 0.5) is 0 Å². The van der Waals surface area contributed by atoms with Crippen LogP contribution < -0.4 is 10.5 Å². The zero-order valence-corrected chi connectivity index (χ0v) is 7.98. The third-order valence-corrected chi connectivity index (χ3v) is 1.90. The van der Waals surface area contributed by atoms with Crippen LogP contribution in [0.25, 0.3) is 0 Å². The fourth-order valence-corrected chi connectivity index (χ4v) is 1.23. The number of carbonyl (C=O) groups excluding carboxylic acids is 2. The monoisotopic (exact) mass is 204 g/mol. The molecule has 1 aromatic rings. The molecule has 5 heteroatoms. The third kappa shape index (κ3) is 1.79. The molecule has 15 heavy (non-hydrogen) atoms. The molecule has 0 heterocycles. The molecule has 0 unspecified atom stereocenters. The summed E-state index contributed by atoms with van der Waals surface area (Å²) in [6.45, 7) is 0. The van der Waals surface area contributed by atoms with Crippen molar-refractivity contribution in [1.82, 2.24) is 0 Å². The summed E-state index contributed by atoms with van der Waals surface area (Å²) in [6.07, 6.45) is 0.546. The van der Waals surface area contributed by atoms with Crippen LogP contribution in [0, 0.1) is 11.3 Å². The maximum Gasteiger partial charge on any atom is 0.250 e. The second kappa shape index (κ2) is 4.24. The summed E-state index contributed by atoms with van der Waals surface area (Å²) in [6, 6.07) is 4.49. The molecule has 0 aliphatic carbocycles. The number of amides is 1. The van der Waals surface area contributed by atoms with Crippen LogP contribution in [0.1, 0.15) is 26.3 Å². The molecule has 2 N–H and O–H groups in total.